The van der Waals surface area contributed by atoms with Crippen molar-refractivity contribution in [3.63, 3.8) is 0 Å². The average molecular weight is 455 g/mol. The molecule has 0 bridgehead atoms. The van der Waals surface area contributed by atoms with Crippen molar-refractivity contribution in [1.29, 1.82) is 0 Å². The Morgan fingerprint density at radius 3 is 2.55 bits per heavy atom. The first-order valence-electron chi connectivity index (χ1n) is 10.3. The van der Waals surface area contributed by atoms with E-state index in [1.54, 1.807) is 24.7 Å². The Morgan fingerprint density at radius 2 is 1.91 bits per heavy atom. The Balaban J connectivity index is 1.75. The van der Waals surface area contributed by atoms with Crippen molar-refractivity contribution >= 4 is 16.9 Å². The molecule has 0 spiro atoms. The van der Waals surface area contributed by atoms with Gasteiger partial charge < -0.3 is 14.8 Å². The zero-order chi connectivity index (χ0) is 23.5. The van der Waals surface area contributed by atoms with E-state index in [1.165, 1.54) is 14.2 Å². The fraction of sp³-hybridized carbons (Fsp3) is 0.261. The van der Waals surface area contributed by atoms with Gasteiger partial charge >= 0.3 is 0 Å². The van der Waals surface area contributed by atoms with Crippen molar-refractivity contribution in [3.8, 4) is 28.3 Å². The molecule has 4 aromatic rings. The van der Waals surface area contributed by atoms with Crippen LogP contribution in [-0.4, -0.2) is 52.8 Å². The lowest BCUT2D eigenvalue weighted by Crippen LogP contribution is -2.29. The molecule has 0 aliphatic rings. The third-order valence-electron chi connectivity index (χ3n) is 5.34. The van der Waals surface area contributed by atoms with Crippen molar-refractivity contribution < 1.29 is 23.0 Å². The summed E-state index contributed by atoms with van der Waals surface area (Å²) in [5, 5.41) is 9.33. The van der Waals surface area contributed by atoms with Crippen molar-refractivity contribution in [1.82, 2.24) is 25.1 Å². The molecule has 0 aliphatic heterocycles. The van der Waals surface area contributed by atoms with Crippen molar-refractivity contribution in [2.24, 2.45) is 0 Å². The molecule has 4 rings (SSSR count). The summed E-state index contributed by atoms with van der Waals surface area (Å²) in [5.74, 6) is -0.316. The summed E-state index contributed by atoms with van der Waals surface area (Å²) in [7, 11) is 2.80. The molecule has 2 aromatic heterocycles. The lowest BCUT2D eigenvalue weighted by molar-refractivity contribution is 0.0885. The van der Waals surface area contributed by atoms with E-state index in [0.717, 1.165) is 34.3 Å². The van der Waals surface area contributed by atoms with Crippen LogP contribution in [0.2, 0.25) is 0 Å². The number of aryl methyl sites for hydroxylation is 1. The number of halogens is 2. The maximum atomic E-state index is 12.5. The van der Waals surface area contributed by atoms with Gasteiger partial charge in [-0.25, -0.2) is 13.8 Å². The first kappa shape index (κ1) is 22.3. The molecule has 33 heavy (non-hydrogen) atoms. The van der Waals surface area contributed by atoms with Crippen LogP contribution in [0.3, 0.4) is 0 Å². The first-order chi connectivity index (χ1) is 16.0. The van der Waals surface area contributed by atoms with Gasteiger partial charge in [0.15, 0.2) is 0 Å². The van der Waals surface area contributed by atoms with Gasteiger partial charge in [-0.05, 0) is 24.1 Å². The lowest BCUT2D eigenvalue weighted by atomic mass is 10.0. The highest BCUT2D eigenvalue weighted by Gasteiger charge is 2.22. The van der Waals surface area contributed by atoms with E-state index in [4.69, 9.17) is 9.47 Å². The molecular formula is C23H23F2N5O3. The smallest absolute Gasteiger partial charge is 0.259 e. The number of nitrogens with one attached hydrogen (secondary N) is 2. The molecular weight excluding hydrogens is 432 g/mol. The molecule has 0 atom stereocenters. The number of fused-ring (bicyclic) bond motifs is 1. The number of methoxy groups -OCH3 is 2. The van der Waals surface area contributed by atoms with E-state index in [2.05, 4.69) is 27.4 Å². The third kappa shape index (κ3) is 4.23. The molecule has 2 N–H and O–H groups in total. The molecule has 1 amide bonds. The molecule has 2 heterocycles. The maximum Gasteiger partial charge on any atom is 0.259 e. The monoisotopic (exact) mass is 455 g/mol. The molecule has 10 heteroatoms. The van der Waals surface area contributed by atoms with Crippen LogP contribution >= 0.6 is 0 Å². The number of alkyl halides is 2. The minimum atomic E-state index is -2.66. The highest BCUT2D eigenvalue weighted by atomic mass is 19.3. The summed E-state index contributed by atoms with van der Waals surface area (Å²) in [4.78, 5) is 17.0. The number of nitrogens with zero attached hydrogens (tertiary/aromatic N) is 3. The summed E-state index contributed by atoms with van der Waals surface area (Å²) in [5.41, 5.74) is 5.36. The van der Waals surface area contributed by atoms with Crippen LogP contribution in [0, 0.1) is 0 Å². The van der Waals surface area contributed by atoms with Gasteiger partial charge in [0.2, 0.25) is 0 Å². The van der Waals surface area contributed by atoms with Crippen LogP contribution < -0.4 is 14.8 Å². The predicted molar refractivity (Wildman–Crippen MR) is 119 cm³/mol. The Morgan fingerprint density at radius 1 is 1.18 bits per heavy atom. The lowest BCUT2D eigenvalue weighted by Gasteiger charge is -2.16. The summed E-state index contributed by atoms with van der Waals surface area (Å²) < 4.78 is 37.7. The molecule has 0 radical (unpaired) electrons. The molecule has 0 unspecified atom stereocenters. The van der Waals surface area contributed by atoms with Crippen LogP contribution in [0.25, 0.3) is 27.8 Å². The number of carbonyl (C=O) groups excluding carboxylic acids is 1. The van der Waals surface area contributed by atoms with Crippen LogP contribution in [0.15, 0.2) is 42.9 Å². The van der Waals surface area contributed by atoms with Gasteiger partial charge in [-0.15, -0.1) is 0 Å². The number of ether oxygens (including phenoxy) is 2. The molecule has 0 fully saturated rings. The Kier molecular flexibility index (Phi) is 6.25. The third-order valence-corrected chi connectivity index (χ3v) is 5.34. The van der Waals surface area contributed by atoms with Gasteiger partial charge in [-0.1, -0.05) is 13.0 Å². The normalized spacial score (nSPS) is 11.2. The zero-order valence-electron chi connectivity index (χ0n) is 18.4. The summed E-state index contributed by atoms with van der Waals surface area (Å²) in [6.45, 7) is 1.29. The first-order valence-corrected chi connectivity index (χ1v) is 10.3. The van der Waals surface area contributed by atoms with Gasteiger partial charge in [-0.3, -0.25) is 14.5 Å². The topological polar surface area (TPSA) is 94.1 Å². The van der Waals surface area contributed by atoms with Crippen molar-refractivity contribution in [2.45, 2.75) is 19.8 Å². The highest BCUT2D eigenvalue weighted by molar-refractivity contribution is 6.00. The number of aromatic amines is 1. The molecule has 0 saturated carbocycles. The summed E-state index contributed by atoms with van der Waals surface area (Å²) in [6, 6.07) is 9.20. The number of amides is 1. The Hall–Kier alpha value is -3.95. The van der Waals surface area contributed by atoms with E-state index >= 15 is 0 Å². The molecule has 172 valence electrons. The van der Waals surface area contributed by atoms with Gasteiger partial charge in [-0.2, -0.15) is 5.10 Å². The van der Waals surface area contributed by atoms with Gasteiger partial charge in [0.25, 0.3) is 12.3 Å². The largest absolute Gasteiger partial charge is 0.496 e. The van der Waals surface area contributed by atoms with Gasteiger partial charge in [0.05, 0.1) is 43.7 Å². The van der Waals surface area contributed by atoms with Crippen LogP contribution in [0.5, 0.6) is 11.5 Å². The van der Waals surface area contributed by atoms with E-state index in [-0.39, 0.29) is 17.1 Å². The Labute approximate surface area is 188 Å². The van der Waals surface area contributed by atoms with Crippen LogP contribution in [0.1, 0.15) is 23.0 Å². The van der Waals surface area contributed by atoms with Crippen LogP contribution in [-0.2, 0) is 6.42 Å². The highest BCUT2D eigenvalue weighted by Crippen LogP contribution is 2.34. The number of hydrogen-bond donors (Lipinski definition) is 2. The fourth-order valence-electron chi connectivity index (χ4n) is 3.74. The predicted octanol–water partition coefficient (Wildman–Crippen LogP) is 3.99. The molecule has 8 nitrogen and oxygen atoms in total. The number of benzene rings is 2. The van der Waals surface area contributed by atoms with Gasteiger partial charge in [0.1, 0.15) is 23.4 Å². The zero-order valence-corrected chi connectivity index (χ0v) is 18.4. The molecule has 2 aromatic carbocycles. The number of imidazole rings is 1. The van der Waals surface area contributed by atoms with E-state index in [9.17, 15) is 13.6 Å². The number of hydrogen-bond acceptors (Lipinski definition) is 5. The fourth-order valence-corrected chi connectivity index (χ4v) is 3.74. The number of carbonyl (C=O) groups is 1. The van der Waals surface area contributed by atoms with Crippen LogP contribution in [0.4, 0.5) is 8.78 Å². The maximum absolute atomic E-state index is 12.5. The standard InChI is InChI=1S/C23H23F2N5O3/c1-4-16-15(10-28-29-16)13-5-6-18-17(7-13)27-12-30(18)14-8-19(32-2)22(20(9-14)33-3)23(31)26-11-21(24)25/h5-10,12,21H,4,11H2,1-3H3,(H,26,31)(H,28,29). The SMILES string of the molecule is CCc1[nH]ncc1-c1ccc2c(c1)ncn2-c1cc(OC)c(C(=O)NCC(F)F)c(OC)c1. The summed E-state index contributed by atoms with van der Waals surface area (Å²) >= 11 is 0. The second kappa shape index (κ2) is 9.27. The minimum Gasteiger partial charge on any atom is -0.496 e. The van der Waals surface area contributed by atoms with Crippen molar-refractivity contribution in [3.05, 3.63) is 54.1 Å². The summed E-state index contributed by atoms with van der Waals surface area (Å²) in [6.07, 6.45) is 1.63. The van der Waals surface area contributed by atoms with Crippen molar-refractivity contribution in [2.75, 3.05) is 20.8 Å². The quantitative estimate of drug-likeness (QED) is 0.419. The number of aromatic nitrogens is 4. The average Bonchev–Trinajstić information content (AvgIpc) is 3.47. The molecule has 0 aliphatic carbocycles. The molecule has 0 saturated heterocycles. The second-order valence-electron chi connectivity index (χ2n) is 7.26. The minimum absolute atomic E-state index is 0.0446. The number of rotatable bonds is 8. The Bertz CT molecular complexity index is 1270. The number of H-pyrrole nitrogens is 1. The van der Waals surface area contributed by atoms with E-state index in [0.29, 0.717) is 5.69 Å². The van der Waals surface area contributed by atoms with Gasteiger partial charge in [0, 0.05) is 23.4 Å². The van der Waals surface area contributed by atoms with E-state index < -0.39 is 18.9 Å². The second-order valence-corrected chi connectivity index (χ2v) is 7.26. The van der Waals surface area contributed by atoms with E-state index in [1.807, 2.05) is 22.8 Å².